The molecule has 4 heterocycles. The van der Waals surface area contributed by atoms with E-state index in [1.165, 1.54) is 0 Å². The number of fused-ring (bicyclic) bond motifs is 4. The van der Waals surface area contributed by atoms with Crippen LogP contribution >= 0.6 is 0 Å². The second-order valence-corrected chi connectivity index (χ2v) is 9.44. The number of benzene rings is 2. The molecule has 2 bridgehead atoms. The number of aromatic nitrogens is 1. The van der Waals surface area contributed by atoms with Crippen LogP contribution in [0, 0.1) is 11.8 Å². The summed E-state index contributed by atoms with van der Waals surface area (Å²) in [6, 6.07) is 15.4. The molecule has 0 spiro atoms. The minimum Gasteiger partial charge on any atom is -0.497 e. The number of carbonyl (C=O) groups is 1. The highest BCUT2D eigenvalue weighted by atomic mass is 16.5. The molecule has 0 radical (unpaired) electrons. The van der Waals surface area contributed by atoms with E-state index in [-0.39, 0.29) is 12.0 Å². The molecule has 3 aliphatic heterocycles. The van der Waals surface area contributed by atoms with Crippen LogP contribution in [0.25, 0.3) is 17.0 Å². The molecule has 5 atom stereocenters. The minimum absolute atomic E-state index is 0.0964. The first kappa shape index (κ1) is 23.5. The average Bonchev–Trinajstić information content (AvgIpc) is 2.91. The zero-order chi connectivity index (χ0) is 24.4. The van der Waals surface area contributed by atoms with Crippen LogP contribution < -0.4 is 4.74 Å². The number of hydrogen-bond donors (Lipinski definition) is 1. The molecular formula is C29H32N2O4. The van der Waals surface area contributed by atoms with Crippen LogP contribution in [0.4, 0.5) is 0 Å². The Morgan fingerprint density at radius 1 is 1.23 bits per heavy atom. The van der Waals surface area contributed by atoms with Crippen LogP contribution in [0.3, 0.4) is 0 Å². The molecule has 1 unspecified atom stereocenters. The van der Waals surface area contributed by atoms with Gasteiger partial charge < -0.3 is 14.6 Å². The molecule has 6 nitrogen and oxygen atoms in total. The molecule has 0 amide bonds. The summed E-state index contributed by atoms with van der Waals surface area (Å²) in [5, 5.41) is 12.4. The highest BCUT2D eigenvalue weighted by Crippen LogP contribution is 2.42. The van der Waals surface area contributed by atoms with Crippen molar-refractivity contribution >= 4 is 22.9 Å². The molecule has 182 valence electrons. The van der Waals surface area contributed by atoms with E-state index in [0.717, 1.165) is 53.7 Å². The fraction of sp³-hybridized carbons (Fsp3) is 0.379. The summed E-state index contributed by atoms with van der Waals surface area (Å²) in [6.45, 7) is 4.14. The number of methoxy groups -OCH3 is 1. The predicted molar refractivity (Wildman–Crippen MR) is 136 cm³/mol. The van der Waals surface area contributed by atoms with Crippen LogP contribution in [0.2, 0.25) is 0 Å². The largest absolute Gasteiger partial charge is 0.497 e. The number of carbonyl (C=O) groups excluding carboxylic acids is 1. The number of piperidine rings is 3. The van der Waals surface area contributed by atoms with Crippen molar-refractivity contribution in [1.29, 1.82) is 0 Å². The van der Waals surface area contributed by atoms with Crippen LogP contribution in [-0.2, 0) is 4.74 Å². The lowest BCUT2D eigenvalue weighted by Gasteiger charge is -2.50. The third-order valence-corrected chi connectivity index (χ3v) is 7.47. The summed E-state index contributed by atoms with van der Waals surface area (Å²) in [7, 11) is 1.65. The molecular weight excluding hydrogens is 440 g/mol. The first-order valence-electron chi connectivity index (χ1n) is 12.4. The van der Waals surface area contributed by atoms with Crippen LogP contribution in [0.5, 0.6) is 5.75 Å². The van der Waals surface area contributed by atoms with E-state index in [4.69, 9.17) is 9.47 Å². The van der Waals surface area contributed by atoms with E-state index < -0.39 is 6.10 Å². The van der Waals surface area contributed by atoms with Gasteiger partial charge in [0.2, 0.25) is 0 Å². The van der Waals surface area contributed by atoms with E-state index in [0.29, 0.717) is 24.0 Å². The molecule has 0 saturated carbocycles. The molecule has 3 aromatic rings. The Morgan fingerprint density at radius 2 is 2.06 bits per heavy atom. The van der Waals surface area contributed by atoms with Crippen LogP contribution in [-0.4, -0.2) is 53.8 Å². The zero-order valence-electron chi connectivity index (χ0n) is 20.3. The zero-order valence-corrected chi connectivity index (χ0v) is 20.3. The van der Waals surface area contributed by atoms with E-state index in [2.05, 4.69) is 22.0 Å². The van der Waals surface area contributed by atoms with Crippen molar-refractivity contribution in [1.82, 2.24) is 9.88 Å². The van der Waals surface area contributed by atoms with Crippen molar-refractivity contribution in [3.05, 3.63) is 77.5 Å². The Hall–Kier alpha value is -3.22. The van der Waals surface area contributed by atoms with Gasteiger partial charge in [-0.15, -0.1) is 0 Å². The van der Waals surface area contributed by atoms with Gasteiger partial charge >= 0.3 is 5.97 Å². The monoisotopic (exact) mass is 472 g/mol. The second kappa shape index (κ2) is 10.2. The van der Waals surface area contributed by atoms with Crippen molar-refractivity contribution in [2.75, 3.05) is 26.8 Å². The van der Waals surface area contributed by atoms with Gasteiger partial charge in [-0.1, -0.05) is 24.3 Å². The number of ether oxygens (including phenoxy) is 2. The first-order valence-corrected chi connectivity index (χ1v) is 12.4. The van der Waals surface area contributed by atoms with Gasteiger partial charge in [-0.3, -0.25) is 9.88 Å². The summed E-state index contributed by atoms with van der Waals surface area (Å²) in [5.74, 6) is 1.47. The SMILES string of the molecule is CCOC(=O)c1ccc(/C=C/[C@H]2CN3CC[C@H]2C[C@H]3[C@@H](O)c2ccnc3ccc(OC)cc23)cc1. The smallest absolute Gasteiger partial charge is 0.338 e. The van der Waals surface area contributed by atoms with Crippen molar-refractivity contribution in [3.8, 4) is 5.75 Å². The summed E-state index contributed by atoms with van der Waals surface area (Å²) < 4.78 is 10.5. The van der Waals surface area contributed by atoms with Gasteiger partial charge in [0, 0.05) is 24.2 Å². The van der Waals surface area contributed by atoms with Crippen LogP contribution in [0.15, 0.2) is 60.8 Å². The summed E-state index contributed by atoms with van der Waals surface area (Å²) in [5.41, 5.74) is 3.43. The van der Waals surface area contributed by atoms with E-state index in [9.17, 15) is 9.90 Å². The number of rotatable bonds is 7. The Labute approximate surface area is 206 Å². The van der Waals surface area contributed by atoms with Crippen molar-refractivity contribution in [2.45, 2.75) is 31.9 Å². The second-order valence-electron chi connectivity index (χ2n) is 9.44. The third-order valence-electron chi connectivity index (χ3n) is 7.47. The van der Waals surface area contributed by atoms with E-state index in [1.54, 1.807) is 13.3 Å². The fourth-order valence-corrected chi connectivity index (χ4v) is 5.57. The highest BCUT2D eigenvalue weighted by molar-refractivity contribution is 5.89. The standard InChI is InChI=1S/C29H32N2O4/c1-3-35-29(33)20-7-4-19(5-8-20)6-9-22-18-31-15-13-21(22)16-27(31)28(32)24-12-14-30-26-11-10-23(34-2)17-25(24)26/h4-12,14,17,21-22,27-28,32H,3,13,15-16,18H2,1-2H3/b9-6+/t21-,22-,27-,28-/m0/s1. The lowest BCUT2D eigenvalue weighted by Crippen LogP contribution is -2.54. The molecule has 3 saturated heterocycles. The maximum atomic E-state index is 11.9. The molecule has 3 aliphatic rings. The van der Waals surface area contributed by atoms with Gasteiger partial charge in [0.25, 0.3) is 0 Å². The van der Waals surface area contributed by atoms with Gasteiger partial charge in [-0.25, -0.2) is 4.79 Å². The lowest BCUT2D eigenvalue weighted by molar-refractivity contribution is -0.0444. The average molecular weight is 473 g/mol. The van der Waals surface area contributed by atoms with E-state index in [1.807, 2.05) is 55.5 Å². The third kappa shape index (κ3) is 4.81. The van der Waals surface area contributed by atoms with Crippen molar-refractivity contribution in [2.24, 2.45) is 11.8 Å². The molecule has 3 fully saturated rings. The Balaban J connectivity index is 1.29. The summed E-state index contributed by atoms with van der Waals surface area (Å²) in [4.78, 5) is 18.8. The van der Waals surface area contributed by atoms with Gasteiger partial charge in [0.1, 0.15) is 5.75 Å². The number of hydrogen-bond acceptors (Lipinski definition) is 6. The quantitative estimate of drug-likeness (QED) is 0.495. The number of nitrogens with zero attached hydrogens (tertiary/aromatic N) is 2. The molecule has 2 aromatic carbocycles. The van der Waals surface area contributed by atoms with E-state index >= 15 is 0 Å². The molecule has 1 N–H and O–H groups in total. The topological polar surface area (TPSA) is 71.9 Å². The number of esters is 1. The van der Waals surface area contributed by atoms with Crippen molar-refractivity contribution in [3.63, 3.8) is 0 Å². The summed E-state index contributed by atoms with van der Waals surface area (Å²) in [6.07, 6.45) is 7.76. The lowest BCUT2D eigenvalue weighted by atomic mass is 9.73. The molecule has 6 heteroatoms. The highest BCUT2D eigenvalue weighted by Gasteiger charge is 2.42. The maximum Gasteiger partial charge on any atom is 0.338 e. The molecule has 0 aliphatic carbocycles. The fourth-order valence-electron chi connectivity index (χ4n) is 5.57. The number of aliphatic hydroxyl groups excluding tert-OH is 1. The van der Waals surface area contributed by atoms with Gasteiger partial charge in [0.05, 0.1) is 30.9 Å². The molecule has 1 aromatic heterocycles. The maximum absolute atomic E-state index is 11.9. The Kier molecular flexibility index (Phi) is 6.84. The minimum atomic E-state index is -0.573. The Morgan fingerprint density at radius 3 is 2.77 bits per heavy atom. The predicted octanol–water partition coefficient (Wildman–Crippen LogP) is 4.88. The van der Waals surface area contributed by atoms with Gasteiger partial charge in [-0.2, -0.15) is 0 Å². The number of pyridine rings is 1. The van der Waals surface area contributed by atoms with Gasteiger partial charge in [0.15, 0.2) is 0 Å². The van der Waals surface area contributed by atoms with Gasteiger partial charge in [-0.05, 0) is 85.7 Å². The first-order chi connectivity index (χ1) is 17.1. The Bertz CT molecular complexity index is 1220. The van der Waals surface area contributed by atoms with Crippen molar-refractivity contribution < 1.29 is 19.4 Å². The van der Waals surface area contributed by atoms with Crippen LogP contribution in [0.1, 0.15) is 47.4 Å². The molecule has 35 heavy (non-hydrogen) atoms. The summed E-state index contributed by atoms with van der Waals surface area (Å²) >= 11 is 0. The molecule has 6 rings (SSSR count). The number of aliphatic hydroxyl groups is 1. The normalized spacial score (nSPS) is 24.5.